The smallest absolute Gasteiger partial charge is 0.262 e. The van der Waals surface area contributed by atoms with Gasteiger partial charge in [-0.2, -0.15) is 0 Å². The molecule has 0 saturated carbocycles. The lowest BCUT2D eigenvalue weighted by atomic mass is 9.96. The molecule has 3 rings (SSSR count). The van der Waals surface area contributed by atoms with E-state index < -0.39 is 0 Å². The van der Waals surface area contributed by atoms with E-state index in [1.807, 2.05) is 48.5 Å². The van der Waals surface area contributed by atoms with E-state index >= 15 is 0 Å². The van der Waals surface area contributed by atoms with E-state index in [0.29, 0.717) is 5.75 Å². The molecular weight excluding hydrogens is 469 g/mol. The molecule has 148 valence electrons. The van der Waals surface area contributed by atoms with Gasteiger partial charge in [-0.3, -0.25) is 14.5 Å². The summed E-state index contributed by atoms with van der Waals surface area (Å²) in [4.78, 5) is 25.7. The van der Waals surface area contributed by atoms with E-state index in [9.17, 15) is 9.59 Å². The topological polar surface area (TPSA) is 84.7 Å². The molecule has 0 atom stereocenters. The van der Waals surface area contributed by atoms with Crippen LogP contribution in [-0.4, -0.2) is 36.4 Å². The minimum atomic E-state index is -0.197. The zero-order chi connectivity index (χ0) is 19.9. The fourth-order valence-corrected chi connectivity index (χ4v) is 3.62. The number of nitrogens with zero attached hydrogens (tertiary/aromatic N) is 1. The van der Waals surface area contributed by atoms with Crippen molar-refractivity contribution in [2.24, 2.45) is 11.7 Å². The summed E-state index contributed by atoms with van der Waals surface area (Å²) in [5.74, 6) is 0.272. The van der Waals surface area contributed by atoms with Gasteiger partial charge in [0.2, 0.25) is 5.91 Å². The van der Waals surface area contributed by atoms with Crippen molar-refractivity contribution in [1.82, 2.24) is 4.90 Å². The van der Waals surface area contributed by atoms with Gasteiger partial charge < -0.3 is 15.8 Å². The highest BCUT2D eigenvalue weighted by atomic mass is 127. The van der Waals surface area contributed by atoms with Crippen molar-refractivity contribution >= 4 is 40.1 Å². The normalized spacial score (nSPS) is 15.2. The van der Waals surface area contributed by atoms with Gasteiger partial charge in [-0.1, -0.05) is 12.1 Å². The number of carbonyl (C=O) groups excluding carboxylic acids is 2. The molecule has 2 amide bonds. The summed E-state index contributed by atoms with van der Waals surface area (Å²) in [6, 6.07) is 15.4. The van der Waals surface area contributed by atoms with Crippen LogP contribution < -0.4 is 15.8 Å². The first-order chi connectivity index (χ1) is 13.5. The monoisotopic (exact) mass is 493 g/mol. The number of likely N-dealkylation sites (tertiary alicyclic amines) is 1. The minimum absolute atomic E-state index is 0.00467. The number of amides is 2. The highest BCUT2D eigenvalue weighted by molar-refractivity contribution is 14.1. The van der Waals surface area contributed by atoms with Gasteiger partial charge in [0.1, 0.15) is 5.75 Å². The largest absolute Gasteiger partial charge is 0.484 e. The third kappa shape index (κ3) is 6.20. The number of hydrogen-bond acceptors (Lipinski definition) is 4. The Morgan fingerprint density at radius 2 is 1.86 bits per heavy atom. The number of nitrogens with two attached hydrogens (primary N) is 1. The number of carbonyl (C=O) groups is 2. The summed E-state index contributed by atoms with van der Waals surface area (Å²) in [6.07, 6.45) is 1.61. The van der Waals surface area contributed by atoms with Crippen LogP contribution in [-0.2, 0) is 16.1 Å². The number of halogens is 1. The summed E-state index contributed by atoms with van der Waals surface area (Å²) in [7, 11) is 0. The number of piperidine rings is 1. The number of benzene rings is 2. The molecule has 0 aliphatic carbocycles. The SMILES string of the molecule is NC(=O)C1CCN(Cc2cccc(NC(=O)COc3ccc(I)cc3)c2)CC1. The third-order valence-electron chi connectivity index (χ3n) is 4.79. The summed E-state index contributed by atoms with van der Waals surface area (Å²) < 4.78 is 6.63. The number of rotatable bonds is 7. The fraction of sp³-hybridized carbons (Fsp3) is 0.333. The van der Waals surface area contributed by atoms with Gasteiger partial charge in [0, 0.05) is 21.7 Å². The van der Waals surface area contributed by atoms with Crippen molar-refractivity contribution in [2.75, 3.05) is 25.0 Å². The van der Waals surface area contributed by atoms with E-state index in [1.54, 1.807) is 0 Å². The minimum Gasteiger partial charge on any atom is -0.484 e. The van der Waals surface area contributed by atoms with E-state index in [-0.39, 0.29) is 24.3 Å². The van der Waals surface area contributed by atoms with Crippen molar-refractivity contribution in [3.8, 4) is 5.75 Å². The Hall–Kier alpha value is -2.13. The molecule has 1 aliphatic rings. The number of nitrogens with one attached hydrogen (secondary N) is 1. The van der Waals surface area contributed by atoms with E-state index in [1.165, 1.54) is 0 Å². The van der Waals surface area contributed by atoms with Gasteiger partial charge in [0.05, 0.1) is 0 Å². The van der Waals surface area contributed by atoms with Gasteiger partial charge in [-0.25, -0.2) is 0 Å². The van der Waals surface area contributed by atoms with Crippen LogP contribution in [0.25, 0.3) is 0 Å². The van der Waals surface area contributed by atoms with Crippen LogP contribution in [0.5, 0.6) is 5.75 Å². The van der Waals surface area contributed by atoms with Gasteiger partial charge in [-0.05, 0) is 90.5 Å². The molecule has 2 aromatic carbocycles. The first kappa shape index (κ1) is 20.6. The Morgan fingerprint density at radius 3 is 2.54 bits per heavy atom. The molecule has 0 radical (unpaired) electrons. The zero-order valence-electron chi connectivity index (χ0n) is 15.6. The first-order valence-corrected chi connectivity index (χ1v) is 10.4. The van der Waals surface area contributed by atoms with E-state index in [2.05, 4.69) is 32.8 Å². The van der Waals surface area contributed by atoms with Crippen LogP contribution in [0.4, 0.5) is 5.69 Å². The number of ether oxygens (including phenoxy) is 1. The van der Waals surface area contributed by atoms with Crippen molar-refractivity contribution in [3.05, 3.63) is 57.7 Å². The number of primary amides is 1. The Balaban J connectivity index is 1.48. The molecule has 6 nitrogen and oxygen atoms in total. The lowest BCUT2D eigenvalue weighted by molar-refractivity contribution is -0.123. The third-order valence-corrected chi connectivity index (χ3v) is 5.51. The average Bonchev–Trinajstić information content (AvgIpc) is 2.68. The quantitative estimate of drug-likeness (QED) is 0.581. The summed E-state index contributed by atoms with van der Waals surface area (Å²) in [5.41, 5.74) is 7.26. The van der Waals surface area contributed by atoms with E-state index in [0.717, 1.165) is 47.3 Å². The van der Waals surface area contributed by atoms with Crippen LogP contribution in [0, 0.1) is 9.49 Å². The van der Waals surface area contributed by atoms with Crippen molar-refractivity contribution in [2.45, 2.75) is 19.4 Å². The second-order valence-electron chi connectivity index (χ2n) is 6.94. The Morgan fingerprint density at radius 1 is 1.14 bits per heavy atom. The lowest BCUT2D eigenvalue weighted by Gasteiger charge is -2.30. The number of anilines is 1. The maximum Gasteiger partial charge on any atom is 0.262 e. The predicted octanol–water partition coefficient (Wildman–Crippen LogP) is 3.01. The van der Waals surface area contributed by atoms with Crippen LogP contribution in [0.1, 0.15) is 18.4 Å². The molecule has 0 aromatic heterocycles. The average molecular weight is 493 g/mol. The maximum atomic E-state index is 12.2. The highest BCUT2D eigenvalue weighted by Gasteiger charge is 2.22. The molecule has 3 N–H and O–H groups in total. The van der Waals surface area contributed by atoms with Crippen LogP contribution in [0.3, 0.4) is 0 Å². The predicted molar refractivity (Wildman–Crippen MR) is 117 cm³/mol. The molecule has 1 aliphatic heterocycles. The summed E-state index contributed by atoms with van der Waals surface area (Å²) in [6.45, 7) is 2.46. The first-order valence-electron chi connectivity index (χ1n) is 9.28. The van der Waals surface area contributed by atoms with E-state index in [4.69, 9.17) is 10.5 Å². The standard InChI is InChI=1S/C21H24IN3O3/c22-17-4-6-19(7-5-17)28-14-20(26)24-18-3-1-2-15(12-18)13-25-10-8-16(9-11-25)21(23)27/h1-7,12,16H,8-11,13-14H2,(H2,23,27)(H,24,26). The molecule has 1 heterocycles. The maximum absolute atomic E-state index is 12.2. The van der Waals surface area contributed by atoms with Crippen LogP contribution >= 0.6 is 22.6 Å². The number of hydrogen-bond donors (Lipinski definition) is 2. The van der Waals surface area contributed by atoms with Gasteiger partial charge >= 0.3 is 0 Å². The molecule has 7 heteroatoms. The summed E-state index contributed by atoms with van der Waals surface area (Å²) in [5, 5.41) is 2.88. The lowest BCUT2D eigenvalue weighted by Crippen LogP contribution is -2.38. The molecule has 0 unspecified atom stereocenters. The van der Waals surface area contributed by atoms with Gasteiger partial charge in [0.15, 0.2) is 6.61 Å². The Kier molecular flexibility index (Phi) is 7.27. The zero-order valence-corrected chi connectivity index (χ0v) is 17.7. The van der Waals surface area contributed by atoms with Gasteiger partial charge in [0.25, 0.3) is 5.91 Å². The second-order valence-corrected chi connectivity index (χ2v) is 8.19. The molecule has 1 saturated heterocycles. The molecule has 28 heavy (non-hydrogen) atoms. The Bertz CT molecular complexity index is 818. The second kappa shape index (κ2) is 9.88. The van der Waals surface area contributed by atoms with Crippen LogP contribution in [0.15, 0.2) is 48.5 Å². The summed E-state index contributed by atoms with van der Waals surface area (Å²) >= 11 is 2.22. The molecule has 0 spiro atoms. The molecule has 1 fully saturated rings. The van der Waals surface area contributed by atoms with Crippen molar-refractivity contribution in [3.63, 3.8) is 0 Å². The van der Waals surface area contributed by atoms with Crippen molar-refractivity contribution in [1.29, 1.82) is 0 Å². The van der Waals surface area contributed by atoms with Crippen LogP contribution in [0.2, 0.25) is 0 Å². The highest BCUT2D eigenvalue weighted by Crippen LogP contribution is 2.20. The van der Waals surface area contributed by atoms with Gasteiger partial charge in [-0.15, -0.1) is 0 Å². The fourth-order valence-electron chi connectivity index (χ4n) is 3.26. The molecule has 2 aromatic rings. The molecule has 0 bridgehead atoms. The van der Waals surface area contributed by atoms with Crippen molar-refractivity contribution < 1.29 is 14.3 Å². The Labute approximate surface area is 178 Å². The molecular formula is C21H24IN3O3.